The number of thioether (sulfide) groups is 1. The largest absolute Gasteiger partial charge is 0.326 e. The molecule has 0 fully saturated rings. The van der Waals surface area contributed by atoms with Crippen molar-refractivity contribution >= 4 is 30.3 Å². The molecule has 0 aromatic heterocycles. The number of hydrogen-bond acceptors (Lipinski definition) is 5. The van der Waals surface area contributed by atoms with E-state index in [1.165, 1.54) is 20.6 Å². The molecule has 0 aliphatic rings. The molecule has 2 unspecified atom stereocenters. The van der Waals surface area contributed by atoms with Crippen LogP contribution in [0.2, 0.25) is 0 Å². The molecule has 0 saturated carbocycles. The predicted octanol–water partition coefficient (Wildman–Crippen LogP) is 3.69. The summed E-state index contributed by atoms with van der Waals surface area (Å²) in [5.41, 5.74) is 0. The Morgan fingerprint density at radius 2 is 1.88 bits per heavy atom. The van der Waals surface area contributed by atoms with Gasteiger partial charge in [-0.25, -0.2) is 0 Å². The van der Waals surface area contributed by atoms with Crippen LogP contribution in [0.25, 0.3) is 0 Å². The Morgan fingerprint density at radius 1 is 1.31 bits per heavy atom. The highest BCUT2D eigenvalue weighted by atomic mass is 32.5. The summed E-state index contributed by atoms with van der Waals surface area (Å²) in [5, 5.41) is 0.687. The molecular formula is C10H23O3PS2. The molecule has 0 spiro atoms. The minimum absolute atomic E-state index is 0.608. The van der Waals surface area contributed by atoms with Gasteiger partial charge in [0.05, 0.1) is 6.61 Å². The first kappa shape index (κ1) is 16.9. The third-order valence-electron chi connectivity index (χ3n) is 2.61. The van der Waals surface area contributed by atoms with Gasteiger partial charge in [0.1, 0.15) is 0 Å². The van der Waals surface area contributed by atoms with Gasteiger partial charge in [0.2, 0.25) is 0 Å². The second-order valence-electron chi connectivity index (χ2n) is 3.59. The quantitative estimate of drug-likeness (QED) is 0.603. The van der Waals surface area contributed by atoms with E-state index in [1.54, 1.807) is 0 Å². The SMILES string of the molecule is CCC(SC)C(C)CCOP(=S)(OC)OC. The molecule has 0 aromatic rings. The fraction of sp³-hybridized carbons (Fsp3) is 1.00. The Kier molecular flexibility index (Phi) is 9.39. The molecule has 16 heavy (non-hydrogen) atoms. The van der Waals surface area contributed by atoms with Crippen molar-refractivity contribution in [2.24, 2.45) is 5.92 Å². The zero-order valence-electron chi connectivity index (χ0n) is 10.8. The molecule has 0 radical (unpaired) electrons. The van der Waals surface area contributed by atoms with Crippen LogP contribution in [0.3, 0.4) is 0 Å². The minimum Gasteiger partial charge on any atom is -0.312 e. The van der Waals surface area contributed by atoms with Gasteiger partial charge in [0, 0.05) is 19.5 Å². The van der Waals surface area contributed by atoms with Crippen molar-refractivity contribution in [1.82, 2.24) is 0 Å². The van der Waals surface area contributed by atoms with Gasteiger partial charge in [0.25, 0.3) is 0 Å². The van der Waals surface area contributed by atoms with Gasteiger partial charge < -0.3 is 13.6 Å². The first-order chi connectivity index (χ1) is 7.52. The lowest BCUT2D eigenvalue weighted by atomic mass is 10.0. The molecule has 0 bridgehead atoms. The van der Waals surface area contributed by atoms with E-state index in [-0.39, 0.29) is 0 Å². The van der Waals surface area contributed by atoms with Crippen molar-refractivity contribution in [1.29, 1.82) is 0 Å². The molecule has 0 amide bonds. The molecule has 2 atom stereocenters. The van der Waals surface area contributed by atoms with Crippen LogP contribution in [0.15, 0.2) is 0 Å². The molecular weight excluding hydrogens is 263 g/mol. The van der Waals surface area contributed by atoms with Gasteiger partial charge in [-0.15, -0.1) is 0 Å². The average Bonchev–Trinajstić information content (AvgIpc) is 2.30. The first-order valence-corrected chi connectivity index (χ1v) is 9.26. The van der Waals surface area contributed by atoms with E-state index >= 15 is 0 Å². The second-order valence-corrected chi connectivity index (χ2v) is 7.90. The van der Waals surface area contributed by atoms with Gasteiger partial charge in [0.15, 0.2) is 0 Å². The topological polar surface area (TPSA) is 27.7 Å². The molecule has 3 nitrogen and oxygen atoms in total. The van der Waals surface area contributed by atoms with Crippen LogP contribution < -0.4 is 0 Å². The molecule has 0 N–H and O–H groups in total. The van der Waals surface area contributed by atoms with Crippen LogP contribution >= 0.6 is 18.5 Å². The van der Waals surface area contributed by atoms with Crippen molar-refractivity contribution in [3.8, 4) is 0 Å². The van der Waals surface area contributed by atoms with Gasteiger partial charge in [-0.3, -0.25) is 0 Å². The summed E-state index contributed by atoms with van der Waals surface area (Å²) in [6.07, 6.45) is 4.33. The average molecular weight is 286 g/mol. The maximum absolute atomic E-state index is 5.51. The number of rotatable bonds is 9. The van der Waals surface area contributed by atoms with Gasteiger partial charge in [-0.05, 0) is 36.8 Å². The Hall–Kier alpha value is 0.880. The third-order valence-corrected chi connectivity index (χ3v) is 6.62. The molecule has 0 aromatic carbocycles. The van der Waals surface area contributed by atoms with Crippen LogP contribution in [0.4, 0.5) is 0 Å². The highest BCUT2D eigenvalue weighted by molar-refractivity contribution is 8.07. The van der Waals surface area contributed by atoms with Gasteiger partial charge >= 0.3 is 6.72 Å². The smallest absolute Gasteiger partial charge is 0.312 e. The molecule has 0 rings (SSSR count). The molecule has 98 valence electrons. The highest BCUT2D eigenvalue weighted by Gasteiger charge is 2.19. The maximum Gasteiger partial charge on any atom is 0.326 e. The minimum atomic E-state index is -2.46. The summed E-state index contributed by atoms with van der Waals surface area (Å²) in [6, 6.07) is 0. The highest BCUT2D eigenvalue weighted by Crippen LogP contribution is 2.48. The fourth-order valence-electron chi connectivity index (χ4n) is 1.52. The van der Waals surface area contributed by atoms with Crippen molar-refractivity contribution < 1.29 is 13.6 Å². The van der Waals surface area contributed by atoms with Crippen molar-refractivity contribution in [2.75, 3.05) is 27.1 Å². The molecule has 0 aliphatic heterocycles. The van der Waals surface area contributed by atoms with E-state index < -0.39 is 6.72 Å². The predicted molar refractivity (Wildman–Crippen MR) is 75.6 cm³/mol. The normalized spacial score (nSPS) is 16.1. The number of hydrogen-bond donors (Lipinski definition) is 0. The Labute approximate surface area is 109 Å². The van der Waals surface area contributed by atoms with Crippen LogP contribution in [0.5, 0.6) is 0 Å². The summed E-state index contributed by atoms with van der Waals surface area (Å²) in [5.74, 6) is 0.622. The van der Waals surface area contributed by atoms with E-state index in [0.29, 0.717) is 17.8 Å². The van der Waals surface area contributed by atoms with E-state index in [2.05, 4.69) is 20.1 Å². The molecule has 6 heteroatoms. The van der Waals surface area contributed by atoms with Crippen LogP contribution in [-0.2, 0) is 25.4 Å². The van der Waals surface area contributed by atoms with Gasteiger partial charge in [-0.1, -0.05) is 13.8 Å². The zero-order valence-corrected chi connectivity index (χ0v) is 13.3. The molecule has 0 aliphatic carbocycles. The molecule has 0 heterocycles. The summed E-state index contributed by atoms with van der Waals surface area (Å²) in [6.45, 7) is 2.61. The summed E-state index contributed by atoms with van der Waals surface area (Å²) in [4.78, 5) is 0. The van der Waals surface area contributed by atoms with Crippen molar-refractivity contribution in [3.05, 3.63) is 0 Å². The Bertz CT molecular complexity index is 214. The third kappa shape index (κ3) is 5.99. The Morgan fingerprint density at radius 3 is 2.25 bits per heavy atom. The summed E-state index contributed by atoms with van der Waals surface area (Å²) < 4.78 is 15.6. The lowest BCUT2D eigenvalue weighted by Crippen LogP contribution is -2.15. The molecule has 0 saturated heterocycles. The van der Waals surface area contributed by atoms with Crippen molar-refractivity contribution in [2.45, 2.75) is 31.9 Å². The second kappa shape index (κ2) is 8.90. The summed E-state index contributed by atoms with van der Waals surface area (Å²) in [7, 11) is 3.06. The standard InChI is InChI=1S/C10H23O3PS2/c1-6-10(16-5)9(2)7-8-13-14(15,11-3)12-4/h9-10H,6-8H2,1-5H3. The Balaban J connectivity index is 3.93. The fourth-order valence-corrected chi connectivity index (χ4v) is 3.36. The monoisotopic (exact) mass is 286 g/mol. The van der Waals surface area contributed by atoms with E-state index in [0.717, 1.165) is 6.42 Å². The summed E-state index contributed by atoms with van der Waals surface area (Å²) >= 11 is 7.03. The van der Waals surface area contributed by atoms with Crippen LogP contribution in [0.1, 0.15) is 26.7 Å². The maximum atomic E-state index is 5.51. The van der Waals surface area contributed by atoms with Crippen LogP contribution in [-0.4, -0.2) is 32.3 Å². The first-order valence-electron chi connectivity index (χ1n) is 5.41. The zero-order chi connectivity index (χ0) is 12.6. The van der Waals surface area contributed by atoms with E-state index in [1.807, 2.05) is 11.8 Å². The van der Waals surface area contributed by atoms with E-state index in [9.17, 15) is 0 Å². The van der Waals surface area contributed by atoms with E-state index in [4.69, 9.17) is 25.4 Å². The van der Waals surface area contributed by atoms with Crippen LogP contribution in [0, 0.1) is 5.92 Å². The van der Waals surface area contributed by atoms with Crippen molar-refractivity contribution in [3.63, 3.8) is 0 Å². The lowest BCUT2D eigenvalue weighted by Gasteiger charge is -2.22. The van der Waals surface area contributed by atoms with Gasteiger partial charge in [-0.2, -0.15) is 11.8 Å². The lowest BCUT2D eigenvalue weighted by molar-refractivity contribution is 0.191.